The molecule has 1 N–H and O–H groups in total. The molecule has 4 heteroatoms. The van der Waals surface area contributed by atoms with E-state index < -0.39 is 0 Å². The topological polar surface area (TPSA) is 29.1 Å². The van der Waals surface area contributed by atoms with Gasteiger partial charge in [-0.15, -0.1) is 0 Å². The lowest BCUT2D eigenvalue weighted by Crippen LogP contribution is -2.13. The normalized spacial score (nSPS) is 15.1. The van der Waals surface area contributed by atoms with Gasteiger partial charge in [0.2, 0.25) is 5.91 Å². The first-order valence-electron chi connectivity index (χ1n) is 6.08. The molecule has 1 aliphatic carbocycles. The van der Waals surface area contributed by atoms with Gasteiger partial charge in [0, 0.05) is 10.9 Å². The summed E-state index contributed by atoms with van der Waals surface area (Å²) in [4.78, 5) is 11.9. The van der Waals surface area contributed by atoms with Crippen LogP contribution < -0.4 is 5.32 Å². The standard InChI is InChI=1S/C14H15BrFNO/c15-12-9-11(16)6-7-13(12)17-14(18)8-10-4-2-1-3-5-10/h4,6-7,9H,1-3,5,8H2,(H,17,18). The maximum absolute atomic E-state index is 12.9. The number of carbonyl (C=O) groups is 1. The number of carbonyl (C=O) groups excluding carboxylic acids is 1. The SMILES string of the molecule is O=C(CC1=CCCCC1)Nc1ccc(F)cc1Br. The molecule has 0 bridgehead atoms. The summed E-state index contributed by atoms with van der Waals surface area (Å²) < 4.78 is 13.5. The van der Waals surface area contributed by atoms with Crippen molar-refractivity contribution in [1.29, 1.82) is 0 Å². The fourth-order valence-electron chi connectivity index (χ4n) is 2.06. The van der Waals surface area contributed by atoms with Crippen LogP contribution in [0.15, 0.2) is 34.3 Å². The highest BCUT2D eigenvalue weighted by atomic mass is 79.9. The van der Waals surface area contributed by atoms with E-state index in [0.717, 1.165) is 12.8 Å². The van der Waals surface area contributed by atoms with Crippen LogP contribution in [0.25, 0.3) is 0 Å². The minimum absolute atomic E-state index is 0.0459. The molecule has 1 aliphatic rings. The van der Waals surface area contributed by atoms with Crippen molar-refractivity contribution >= 4 is 27.5 Å². The van der Waals surface area contributed by atoms with Gasteiger partial charge in [-0.3, -0.25) is 4.79 Å². The summed E-state index contributed by atoms with van der Waals surface area (Å²) in [6.45, 7) is 0. The van der Waals surface area contributed by atoms with Gasteiger partial charge in [0.1, 0.15) is 5.82 Å². The molecule has 2 rings (SSSR count). The Morgan fingerprint density at radius 2 is 2.22 bits per heavy atom. The van der Waals surface area contributed by atoms with Gasteiger partial charge in [-0.2, -0.15) is 0 Å². The third kappa shape index (κ3) is 3.67. The van der Waals surface area contributed by atoms with E-state index in [1.807, 2.05) is 0 Å². The number of nitrogens with one attached hydrogen (secondary N) is 1. The molecule has 0 unspecified atom stereocenters. The van der Waals surface area contributed by atoms with Crippen molar-refractivity contribution in [2.75, 3.05) is 5.32 Å². The van der Waals surface area contributed by atoms with Crippen molar-refractivity contribution in [2.24, 2.45) is 0 Å². The van der Waals surface area contributed by atoms with Crippen molar-refractivity contribution in [2.45, 2.75) is 32.1 Å². The van der Waals surface area contributed by atoms with Crippen molar-refractivity contribution in [3.8, 4) is 0 Å². The summed E-state index contributed by atoms with van der Waals surface area (Å²) in [6.07, 6.45) is 7.06. The van der Waals surface area contributed by atoms with Crippen molar-refractivity contribution in [1.82, 2.24) is 0 Å². The van der Waals surface area contributed by atoms with Crippen molar-refractivity contribution in [3.05, 3.63) is 40.1 Å². The predicted octanol–water partition coefficient (Wildman–Crippen LogP) is 4.42. The third-order valence-corrected chi connectivity index (χ3v) is 3.63. The molecule has 18 heavy (non-hydrogen) atoms. The van der Waals surface area contributed by atoms with E-state index in [4.69, 9.17) is 0 Å². The lowest BCUT2D eigenvalue weighted by molar-refractivity contribution is -0.115. The Labute approximate surface area is 114 Å². The number of allylic oxidation sites excluding steroid dienone is 1. The summed E-state index contributed by atoms with van der Waals surface area (Å²) in [5.74, 6) is -0.370. The smallest absolute Gasteiger partial charge is 0.228 e. The Morgan fingerprint density at radius 1 is 1.39 bits per heavy atom. The first kappa shape index (κ1) is 13.3. The lowest BCUT2D eigenvalue weighted by atomic mass is 9.97. The molecular formula is C14H15BrFNO. The second-order valence-corrected chi connectivity index (χ2v) is 5.31. The molecular weight excluding hydrogens is 297 g/mol. The molecule has 96 valence electrons. The number of rotatable bonds is 3. The molecule has 0 fully saturated rings. The Kier molecular flexibility index (Phi) is 4.53. The van der Waals surface area contributed by atoms with E-state index in [1.165, 1.54) is 30.5 Å². The average Bonchev–Trinajstić information content (AvgIpc) is 2.34. The van der Waals surface area contributed by atoms with Crippen LogP contribution in [0, 0.1) is 5.82 Å². The molecule has 0 aliphatic heterocycles. The number of amides is 1. The number of halogens is 2. The Balaban J connectivity index is 1.96. The average molecular weight is 312 g/mol. The Hall–Kier alpha value is -1.16. The molecule has 0 atom stereocenters. The summed E-state index contributed by atoms with van der Waals surface area (Å²) in [5.41, 5.74) is 1.81. The summed E-state index contributed by atoms with van der Waals surface area (Å²) in [7, 11) is 0. The maximum atomic E-state index is 12.9. The zero-order valence-electron chi connectivity index (χ0n) is 10.0. The molecule has 0 saturated carbocycles. The number of hydrogen-bond acceptors (Lipinski definition) is 1. The Bertz CT molecular complexity index is 485. The zero-order chi connectivity index (χ0) is 13.0. The predicted molar refractivity (Wildman–Crippen MR) is 73.9 cm³/mol. The first-order valence-corrected chi connectivity index (χ1v) is 6.87. The molecule has 1 aromatic carbocycles. The quantitative estimate of drug-likeness (QED) is 0.823. The first-order chi connectivity index (χ1) is 8.65. The van der Waals surface area contributed by atoms with E-state index in [-0.39, 0.29) is 11.7 Å². The van der Waals surface area contributed by atoms with Crippen LogP contribution >= 0.6 is 15.9 Å². The van der Waals surface area contributed by atoms with E-state index in [2.05, 4.69) is 27.3 Å². The van der Waals surface area contributed by atoms with Crippen molar-refractivity contribution in [3.63, 3.8) is 0 Å². The van der Waals surface area contributed by atoms with Gasteiger partial charge in [-0.1, -0.05) is 11.6 Å². The maximum Gasteiger partial charge on any atom is 0.228 e. The van der Waals surface area contributed by atoms with Crippen LogP contribution in [0.4, 0.5) is 10.1 Å². The monoisotopic (exact) mass is 311 g/mol. The molecule has 0 heterocycles. The highest BCUT2D eigenvalue weighted by Crippen LogP contribution is 2.25. The van der Waals surface area contributed by atoms with Crippen LogP contribution in [0.2, 0.25) is 0 Å². The molecule has 0 aromatic heterocycles. The molecule has 2 nitrogen and oxygen atoms in total. The molecule has 0 saturated heterocycles. The van der Waals surface area contributed by atoms with Crippen LogP contribution in [-0.4, -0.2) is 5.91 Å². The van der Waals surface area contributed by atoms with Crippen LogP contribution in [0.5, 0.6) is 0 Å². The van der Waals surface area contributed by atoms with E-state index in [1.54, 1.807) is 6.07 Å². The third-order valence-electron chi connectivity index (χ3n) is 2.98. The van der Waals surface area contributed by atoms with E-state index in [0.29, 0.717) is 16.6 Å². The summed E-state index contributed by atoms with van der Waals surface area (Å²) >= 11 is 3.23. The van der Waals surface area contributed by atoms with Gasteiger partial charge in [0.25, 0.3) is 0 Å². The minimum Gasteiger partial charge on any atom is -0.325 e. The van der Waals surface area contributed by atoms with E-state index in [9.17, 15) is 9.18 Å². The summed E-state index contributed by atoms with van der Waals surface area (Å²) in [6, 6.07) is 4.24. The van der Waals surface area contributed by atoms with Gasteiger partial charge in [0.05, 0.1) is 5.69 Å². The highest BCUT2D eigenvalue weighted by molar-refractivity contribution is 9.10. The van der Waals surface area contributed by atoms with Crippen molar-refractivity contribution < 1.29 is 9.18 Å². The van der Waals surface area contributed by atoms with Gasteiger partial charge >= 0.3 is 0 Å². The second-order valence-electron chi connectivity index (χ2n) is 4.46. The number of anilines is 1. The molecule has 0 radical (unpaired) electrons. The van der Waals surface area contributed by atoms with Crippen LogP contribution in [-0.2, 0) is 4.79 Å². The fourth-order valence-corrected chi connectivity index (χ4v) is 2.51. The van der Waals surface area contributed by atoms with Gasteiger partial charge < -0.3 is 5.32 Å². The van der Waals surface area contributed by atoms with Crippen LogP contribution in [0.1, 0.15) is 32.1 Å². The molecule has 1 amide bonds. The molecule has 1 aromatic rings. The highest BCUT2D eigenvalue weighted by Gasteiger charge is 2.10. The minimum atomic E-state index is -0.324. The largest absolute Gasteiger partial charge is 0.325 e. The van der Waals surface area contributed by atoms with Gasteiger partial charge in [-0.05, 0) is 59.8 Å². The fraction of sp³-hybridized carbons (Fsp3) is 0.357. The molecule has 0 spiro atoms. The Morgan fingerprint density at radius 3 is 2.89 bits per heavy atom. The zero-order valence-corrected chi connectivity index (χ0v) is 11.6. The van der Waals surface area contributed by atoms with Crippen LogP contribution in [0.3, 0.4) is 0 Å². The number of benzene rings is 1. The number of hydrogen-bond donors (Lipinski definition) is 1. The van der Waals surface area contributed by atoms with E-state index >= 15 is 0 Å². The van der Waals surface area contributed by atoms with Gasteiger partial charge in [0.15, 0.2) is 0 Å². The van der Waals surface area contributed by atoms with Gasteiger partial charge in [-0.25, -0.2) is 4.39 Å². The lowest BCUT2D eigenvalue weighted by Gasteiger charge is -2.13. The second kappa shape index (κ2) is 6.14. The summed E-state index contributed by atoms with van der Waals surface area (Å²) in [5, 5.41) is 2.79.